The van der Waals surface area contributed by atoms with Crippen LogP contribution in [0.25, 0.3) is 16.9 Å². The maximum atomic E-state index is 13.3. The van der Waals surface area contributed by atoms with Gasteiger partial charge in [0, 0.05) is 40.3 Å². The van der Waals surface area contributed by atoms with E-state index in [-0.39, 0.29) is 5.91 Å². The molecule has 7 rings (SSSR count). The number of benzene rings is 2. The Kier molecular flexibility index (Phi) is 7.00. The van der Waals surface area contributed by atoms with Crippen molar-refractivity contribution in [1.82, 2.24) is 20.4 Å². The molecular weight excluding hydrogens is 527 g/mol. The lowest BCUT2D eigenvalue weighted by Gasteiger charge is -2.54. The lowest BCUT2D eigenvalue weighted by atomic mass is 9.54. The highest BCUT2D eigenvalue weighted by atomic mass is 35.5. The maximum Gasteiger partial charge on any atom is 0.272 e. The van der Waals surface area contributed by atoms with Gasteiger partial charge in [-0.05, 0) is 105 Å². The summed E-state index contributed by atoms with van der Waals surface area (Å²) in [6.45, 7) is 3.23. The number of nitrogens with zero attached hydrogens (tertiary/aromatic N) is 2. The number of nitrogens with one attached hydrogen (secondary N) is 2. The van der Waals surface area contributed by atoms with E-state index in [0.717, 1.165) is 52.7 Å². The Morgan fingerprint density at radius 1 is 0.919 bits per heavy atom. The molecule has 0 saturated heterocycles. The molecule has 0 aliphatic heterocycles. The molecule has 1 heterocycles. The van der Waals surface area contributed by atoms with Gasteiger partial charge in [-0.1, -0.05) is 34.8 Å². The van der Waals surface area contributed by atoms with Crippen molar-refractivity contribution in [2.45, 2.75) is 45.1 Å². The van der Waals surface area contributed by atoms with Gasteiger partial charge in [0.25, 0.3) is 5.91 Å². The summed E-state index contributed by atoms with van der Waals surface area (Å²) < 4.78 is 1.75. The largest absolute Gasteiger partial charge is 0.349 e. The standard InChI is InChI=1S/C29H31Cl3N4O/c1-16-26(29(37)34-9-8-33-27-19-11-17-10-18(13-19)14-20(27)12-17)35-36(23-5-2-21(30)3-6-23)28(16)24-7-4-22(31)15-25(24)32/h2-7,15,17-20,27,33H,8-14H2,1H3,(H,34,37)/t17-,18+,19-,20+,27?. The summed E-state index contributed by atoms with van der Waals surface area (Å²) in [5, 5.41) is 13.3. The highest BCUT2D eigenvalue weighted by Gasteiger charge is 2.47. The summed E-state index contributed by atoms with van der Waals surface area (Å²) in [6, 6.07) is 13.3. The average Bonchev–Trinajstić information content (AvgIpc) is 3.20. The summed E-state index contributed by atoms with van der Waals surface area (Å²) in [6.07, 6.45) is 6.99. The zero-order valence-corrected chi connectivity index (χ0v) is 23.1. The smallest absolute Gasteiger partial charge is 0.272 e. The van der Waals surface area contributed by atoms with Crippen LogP contribution in [0, 0.1) is 30.6 Å². The van der Waals surface area contributed by atoms with Crippen molar-refractivity contribution in [3.8, 4) is 16.9 Å². The number of hydrogen-bond acceptors (Lipinski definition) is 3. The fourth-order valence-electron chi connectivity index (χ4n) is 7.24. The molecule has 8 heteroatoms. The number of aromatic nitrogens is 2. The Balaban J connectivity index is 1.19. The van der Waals surface area contributed by atoms with Gasteiger partial charge in [0.15, 0.2) is 5.69 Å². The fraction of sp³-hybridized carbons (Fsp3) is 0.448. The first-order valence-electron chi connectivity index (χ1n) is 13.2. The van der Waals surface area contributed by atoms with Gasteiger partial charge in [0.1, 0.15) is 0 Å². The van der Waals surface area contributed by atoms with Crippen LogP contribution in [0.3, 0.4) is 0 Å². The molecule has 4 aliphatic rings. The van der Waals surface area contributed by atoms with Crippen molar-refractivity contribution in [3.63, 3.8) is 0 Å². The minimum atomic E-state index is -0.191. The number of halogens is 3. The van der Waals surface area contributed by atoms with E-state index >= 15 is 0 Å². The Hall–Kier alpha value is -2.05. The second kappa shape index (κ2) is 10.3. The molecule has 3 aromatic rings. The van der Waals surface area contributed by atoms with Gasteiger partial charge < -0.3 is 10.6 Å². The zero-order valence-electron chi connectivity index (χ0n) is 20.8. The van der Waals surface area contributed by atoms with E-state index in [4.69, 9.17) is 39.9 Å². The van der Waals surface area contributed by atoms with Crippen molar-refractivity contribution in [2.24, 2.45) is 23.7 Å². The van der Waals surface area contributed by atoms with E-state index in [1.54, 1.807) is 28.9 Å². The summed E-state index contributed by atoms with van der Waals surface area (Å²) in [4.78, 5) is 13.3. The first-order chi connectivity index (χ1) is 17.9. The van der Waals surface area contributed by atoms with Gasteiger partial charge in [-0.15, -0.1) is 0 Å². The molecule has 4 aliphatic carbocycles. The Morgan fingerprint density at radius 2 is 1.57 bits per heavy atom. The molecule has 37 heavy (non-hydrogen) atoms. The average molecular weight is 558 g/mol. The number of carbonyl (C=O) groups excluding carboxylic acids is 1. The minimum absolute atomic E-state index is 0.191. The van der Waals surface area contributed by atoms with Crippen molar-refractivity contribution >= 4 is 40.7 Å². The third-order valence-electron chi connectivity index (χ3n) is 8.61. The molecule has 0 unspecified atom stereocenters. The first kappa shape index (κ1) is 25.2. The van der Waals surface area contributed by atoms with E-state index in [2.05, 4.69) is 10.6 Å². The second-order valence-electron chi connectivity index (χ2n) is 11.0. The van der Waals surface area contributed by atoms with Crippen molar-refractivity contribution < 1.29 is 4.79 Å². The normalized spacial score (nSPS) is 26.0. The predicted octanol–water partition coefficient (Wildman–Crippen LogP) is 6.95. The first-order valence-corrected chi connectivity index (χ1v) is 14.3. The van der Waals surface area contributed by atoms with Gasteiger partial charge in [-0.3, -0.25) is 4.79 Å². The predicted molar refractivity (Wildman–Crippen MR) is 150 cm³/mol. The van der Waals surface area contributed by atoms with Crippen LogP contribution in [0.4, 0.5) is 0 Å². The van der Waals surface area contributed by atoms with Crippen LogP contribution in [-0.4, -0.2) is 34.8 Å². The van der Waals surface area contributed by atoms with E-state index in [1.165, 1.54) is 32.1 Å². The molecule has 0 spiro atoms. The highest BCUT2D eigenvalue weighted by Crippen LogP contribution is 2.53. The second-order valence-corrected chi connectivity index (χ2v) is 12.3. The minimum Gasteiger partial charge on any atom is -0.349 e. The molecule has 4 saturated carbocycles. The van der Waals surface area contributed by atoms with Crippen LogP contribution in [0.5, 0.6) is 0 Å². The van der Waals surface area contributed by atoms with Gasteiger partial charge in [0.05, 0.1) is 16.4 Å². The topological polar surface area (TPSA) is 59.0 Å². The quantitative estimate of drug-likeness (QED) is 0.309. The molecule has 5 nitrogen and oxygen atoms in total. The molecular formula is C29H31Cl3N4O. The van der Waals surface area contributed by atoms with E-state index in [0.29, 0.717) is 33.3 Å². The van der Waals surface area contributed by atoms with Crippen molar-refractivity contribution in [3.05, 3.63) is 68.8 Å². The maximum absolute atomic E-state index is 13.3. The highest BCUT2D eigenvalue weighted by molar-refractivity contribution is 6.36. The Labute approximate surface area is 232 Å². The van der Waals surface area contributed by atoms with Crippen molar-refractivity contribution in [2.75, 3.05) is 13.1 Å². The summed E-state index contributed by atoms with van der Waals surface area (Å²) in [7, 11) is 0. The molecule has 1 aromatic heterocycles. The van der Waals surface area contributed by atoms with Gasteiger partial charge in [-0.2, -0.15) is 5.10 Å². The third-order valence-corrected chi connectivity index (χ3v) is 9.41. The Bertz CT molecular complexity index is 1290. The number of carbonyl (C=O) groups is 1. The van der Waals surface area contributed by atoms with Gasteiger partial charge >= 0.3 is 0 Å². The van der Waals surface area contributed by atoms with Gasteiger partial charge in [-0.25, -0.2) is 4.68 Å². The number of hydrogen-bond donors (Lipinski definition) is 2. The zero-order chi connectivity index (χ0) is 25.7. The Morgan fingerprint density at radius 3 is 2.22 bits per heavy atom. The van der Waals surface area contributed by atoms with Crippen LogP contribution in [-0.2, 0) is 0 Å². The summed E-state index contributed by atoms with van der Waals surface area (Å²) in [5.41, 5.74) is 3.43. The van der Waals surface area contributed by atoms with Gasteiger partial charge in [0.2, 0.25) is 0 Å². The van der Waals surface area contributed by atoms with E-state index in [9.17, 15) is 4.79 Å². The molecule has 2 N–H and O–H groups in total. The van der Waals surface area contributed by atoms with E-state index < -0.39 is 0 Å². The lowest BCUT2D eigenvalue weighted by molar-refractivity contribution is -0.0133. The van der Waals surface area contributed by atoms with Crippen LogP contribution in [0.2, 0.25) is 15.1 Å². The third kappa shape index (κ3) is 4.92. The monoisotopic (exact) mass is 556 g/mol. The molecule has 4 fully saturated rings. The number of rotatable bonds is 7. The SMILES string of the molecule is Cc1c(C(=O)NCCNC2[C@H]3C[C@@H]4C[C@@H](C[C@H]2C4)C3)nn(-c2ccc(Cl)cc2)c1-c1ccc(Cl)cc1Cl. The molecule has 4 bridgehead atoms. The molecule has 1 amide bonds. The van der Waals surface area contributed by atoms with E-state index in [1.807, 2.05) is 25.1 Å². The van der Waals surface area contributed by atoms with Crippen LogP contribution < -0.4 is 10.6 Å². The van der Waals surface area contributed by atoms with Crippen LogP contribution >= 0.6 is 34.8 Å². The molecule has 2 aromatic carbocycles. The summed E-state index contributed by atoms with van der Waals surface area (Å²) >= 11 is 18.8. The molecule has 194 valence electrons. The molecule has 0 radical (unpaired) electrons. The summed E-state index contributed by atoms with van der Waals surface area (Å²) in [5.74, 6) is 3.36. The van der Waals surface area contributed by atoms with Crippen molar-refractivity contribution in [1.29, 1.82) is 0 Å². The van der Waals surface area contributed by atoms with Crippen LogP contribution in [0.1, 0.15) is 48.2 Å². The van der Waals surface area contributed by atoms with Crippen LogP contribution in [0.15, 0.2) is 42.5 Å². The number of amides is 1. The molecule has 0 atom stereocenters. The fourth-order valence-corrected chi connectivity index (χ4v) is 7.86. The lowest BCUT2D eigenvalue weighted by Crippen LogP contribution is -2.55.